The van der Waals surface area contributed by atoms with Gasteiger partial charge >= 0.3 is 0 Å². The molecule has 1 aromatic carbocycles. The number of hydrogen-bond donors (Lipinski definition) is 0. The molecule has 3 heterocycles. The second-order valence-electron chi connectivity index (χ2n) is 3.80. The standard InChI is InChI=1S/C10H7N7/c1-6-11-9-7-4-2-3-5-8(7)16-10(12-14-15-16)17(9)13-6/h2-5H,1H3. The quantitative estimate of drug-likeness (QED) is 0.439. The monoisotopic (exact) mass is 225 g/mol. The minimum atomic E-state index is 0.569. The van der Waals surface area contributed by atoms with Gasteiger partial charge in [0.05, 0.1) is 5.52 Å². The number of rotatable bonds is 0. The van der Waals surface area contributed by atoms with Gasteiger partial charge in [-0.2, -0.15) is 9.03 Å². The molecule has 0 unspecified atom stereocenters. The van der Waals surface area contributed by atoms with Gasteiger partial charge in [-0.3, -0.25) is 0 Å². The summed E-state index contributed by atoms with van der Waals surface area (Å²) in [5, 5.41) is 16.9. The predicted molar refractivity (Wildman–Crippen MR) is 59.6 cm³/mol. The average Bonchev–Trinajstić information content (AvgIpc) is 2.94. The summed E-state index contributed by atoms with van der Waals surface area (Å²) in [5.41, 5.74) is 1.70. The van der Waals surface area contributed by atoms with Crippen LogP contribution in [0.15, 0.2) is 24.3 Å². The van der Waals surface area contributed by atoms with E-state index in [1.54, 1.807) is 9.03 Å². The fourth-order valence-corrected chi connectivity index (χ4v) is 2.05. The second kappa shape index (κ2) is 2.76. The van der Waals surface area contributed by atoms with Gasteiger partial charge in [0.1, 0.15) is 5.82 Å². The Balaban J connectivity index is 2.47. The molecular weight excluding hydrogens is 218 g/mol. The van der Waals surface area contributed by atoms with Crippen molar-refractivity contribution in [2.45, 2.75) is 6.92 Å². The highest BCUT2D eigenvalue weighted by Crippen LogP contribution is 2.19. The Hall–Kier alpha value is -2.57. The van der Waals surface area contributed by atoms with Gasteiger partial charge in [-0.25, -0.2) is 4.98 Å². The molecule has 0 fully saturated rings. The third-order valence-electron chi connectivity index (χ3n) is 2.73. The summed E-state index contributed by atoms with van der Waals surface area (Å²) in [5.74, 6) is 1.27. The van der Waals surface area contributed by atoms with Crippen LogP contribution in [0.25, 0.3) is 22.3 Å². The van der Waals surface area contributed by atoms with E-state index in [9.17, 15) is 0 Å². The molecule has 82 valence electrons. The Morgan fingerprint density at radius 3 is 2.94 bits per heavy atom. The van der Waals surface area contributed by atoms with Crippen molar-refractivity contribution in [1.82, 2.24) is 34.6 Å². The van der Waals surface area contributed by atoms with Crippen molar-refractivity contribution in [2.24, 2.45) is 0 Å². The van der Waals surface area contributed by atoms with Crippen molar-refractivity contribution in [3.05, 3.63) is 30.1 Å². The summed E-state index contributed by atoms with van der Waals surface area (Å²) < 4.78 is 3.33. The van der Waals surface area contributed by atoms with Crippen LogP contribution in [0.3, 0.4) is 0 Å². The van der Waals surface area contributed by atoms with Gasteiger partial charge in [0.15, 0.2) is 5.65 Å². The minimum absolute atomic E-state index is 0.569. The number of tetrazole rings is 1. The summed E-state index contributed by atoms with van der Waals surface area (Å²) in [4.78, 5) is 4.41. The SMILES string of the molecule is Cc1nc2c3ccccc3n3nnnc3n2n1. The number of nitrogens with zero attached hydrogens (tertiary/aromatic N) is 7. The highest BCUT2D eigenvalue weighted by atomic mass is 15.6. The maximum Gasteiger partial charge on any atom is 0.277 e. The van der Waals surface area contributed by atoms with Crippen molar-refractivity contribution >= 4 is 22.3 Å². The lowest BCUT2D eigenvalue weighted by molar-refractivity contribution is 0.836. The Bertz CT molecular complexity index is 857. The molecule has 3 aromatic heterocycles. The number of aryl methyl sites for hydroxylation is 1. The summed E-state index contributed by atoms with van der Waals surface area (Å²) in [6.07, 6.45) is 0. The first-order valence-corrected chi connectivity index (χ1v) is 5.17. The molecule has 0 N–H and O–H groups in total. The zero-order valence-electron chi connectivity index (χ0n) is 8.94. The first-order valence-electron chi connectivity index (χ1n) is 5.17. The third kappa shape index (κ3) is 0.975. The van der Waals surface area contributed by atoms with E-state index in [0.29, 0.717) is 11.6 Å². The van der Waals surface area contributed by atoms with E-state index in [0.717, 1.165) is 16.6 Å². The van der Waals surface area contributed by atoms with Crippen LogP contribution >= 0.6 is 0 Å². The maximum absolute atomic E-state index is 4.41. The minimum Gasteiger partial charge on any atom is -0.211 e. The van der Waals surface area contributed by atoms with E-state index in [4.69, 9.17) is 0 Å². The van der Waals surface area contributed by atoms with E-state index in [2.05, 4.69) is 25.6 Å². The molecule has 0 saturated heterocycles. The van der Waals surface area contributed by atoms with Crippen molar-refractivity contribution in [3.8, 4) is 0 Å². The summed E-state index contributed by atoms with van der Waals surface area (Å²) in [6.45, 7) is 1.85. The largest absolute Gasteiger partial charge is 0.277 e. The first-order chi connectivity index (χ1) is 8.34. The van der Waals surface area contributed by atoms with Gasteiger partial charge in [-0.1, -0.05) is 17.2 Å². The second-order valence-corrected chi connectivity index (χ2v) is 3.80. The Labute approximate surface area is 94.7 Å². The van der Waals surface area contributed by atoms with E-state index in [1.165, 1.54) is 0 Å². The Kier molecular flexibility index (Phi) is 1.39. The van der Waals surface area contributed by atoms with Crippen LogP contribution in [-0.4, -0.2) is 34.6 Å². The molecule has 0 spiro atoms. The van der Waals surface area contributed by atoms with Gasteiger partial charge in [-0.15, -0.1) is 5.10 Å². The van der Waals surface area contributed by atoms with Crippen molar-refractivity contribution in [2.75, 3.05) is 0 Å². The molecule has 7 heteroatoms. The normalized spacial score (nSPS) is 11.8. The van der Waals surface area contributed by atoms with Gasteiger partial charge in [0.2, 0.25) is 0 Å². The molecule has 0 bridgehead atoms. The van der Waals surface area contributed by atoms with Crippen LogP contribution in [0.1, 0.15) is 5.82 Å². The molecule has 0 atom stereocenters. The van der Waals surface area contributed by atoms with Crippen LogP contribution in [0.2, 0.25) is 0 Å². The van der Waals surface area contributed by atoms with Gasteiger partial charge in [0.25, 0.3) is 5.78 Å². The average molecular weight is 225 g/mol. The van der Waals surface area contributed by atoms with E-state index < -0.39 is 0 Å². The van der Waals surface area contributed by atoms with Crippen LogP contribution in [-0.2, 0) is 0 Å². The third-order valence-corrected chi connectivity index (χ3v) is 2.73. The lowest BCUT2D eigenvalue weighted by Crippen LogP contribution is -2.00. The molecule has 4 aromatic rings. The zero-order valence-corrected chi connectivity index (χ0v) is 8.94. The molecule has 0 aliphatic heterocycles. The predicted octanol–water partition coefficient (Wildman–Crippen LogP) is 0.629. The van der Waals surface area contributed by atoms with Crippen molar-refractivity contribution in [1.29, 1.82) is 0 Å². The van der Waals surface area contributed by atoms with Crippen molar-refractivity contribution < 1.29 is 0 Å². The lowest BCUT2D eigenvalue weighted by Gasteiger charge is -2.00. The molecule has 4 rings (SSSR count). The molecule has 0 amide bonds. The van der Waals surface area contributed by atoms with E-state index >= 15 is 0 Å². The van der Waals surface area contributed by atoms with Crippen LogP contribution in [0.4, 0.5) is 0 Å². The Morgan fingerprint density at radius 2 is 2.00 bits per heavy atom. The first kappa shape index (κ1) is 8.57. The zero-order chi connectivity index (χ0) is 11.4. The molecule has 0 aliphatic rings. The molecule has 0 aliphatic carbocycles. The summed E-state index contributed by atoms with van der Waals surface area (Å²) >= 11 is 0. The molecule has 17 heavy (non-hydrogen) atoms. The van der Waals surface area contributed by atoms with Crippen LogP contribution in [0, 0.1) is 6.92 Å². The fraction of sp³-hybridized carbons (Fsp3) is 0.100. The number of benzene rings is 1. The number of para-hydroxylation sites is 1. The maximum atomic E-state index is 4.41. The molecule has 0 radical (unpaired) electrons. The van der Waals surface area contributed by atoms with Gasteiger partial charge in [-0.05, 0) is 29.5 Å². The highest BCUT2D eigenvalue weighted by Gasteiger charge is 2.13. The lowest BCUT2D eigenvalue weighted by atomic mass is 10.2. The molecular formula is C10H7N7. The van der Waals surface area contributed by atoms with Crippen molar-refractivity contribution in [3.63, 3.8) is 0 Å². The fourth-order valence-electron chi connectivity index (χ4n) is 2.05. The Morgan fingerprint density at radius 1 is 1.12 bits per heavy atom. The number of aromatic nitrogens is 7. The van der Waals surface area contributed by atoms with Gasteiger partial charge in [0, 0.05) is 5.39 Å². The summed E-state index contributed by atoms with van der Waals surface area (Å²) in [7, 11) is 0. The van der Waals surface area contributed by atoms with E-state index in [-0.39, 0.29) is 0 Å². The highest BCUT2D eigenvalue weighted by molar-refractivity contribution is 5.92. The van der Waals surface area contributed by atoms with Gasteiger partial charge < -0.3 is 0 Å². The van der Waals surface area contributed by atoms with E-state index in [1.807, 2.05) is 31.2 Å². The number of fused-ring (bicyclic) bond motifs is 6. The number of hydrogen-bond acceptors (Lipinski definition) is 5. The smallest absolute Gasteiger partial charge is 0.211 e. The van der Waals surface area contributed by atoms with Crippen LogP contribution in [0.5, 0.6) is 0 Å². The topological polar surface area (TPSA) is 73.3 Å². The van der Waals surface area contributed by atoms with Crippen LogP contribution < -0.4 is 0 Å². The molecule has 7 nitrogen and oxygen atoms in total. The summed E-state index contributed by atoms with van der Waals surface area (Å²) in [6, 6.07) is 7.86. The molecule has 0 saturated carbocycles.